The quantitative estimate of drug-likeness (QED) is 0.785. The van der Waals surface area contributed by atoms with Crippen LogP contribution in [-0.2, 0) is 6.42 Å². The molecule has 20 heavy (non-hydrogen) atoms. The molecule has 0 radical (unpaired) electrons. The van der Waals surface area contributed by atoms with Gasteiger partial charge in [-0.25, -0.2) is 9.37 Å². The molecule has 1 saturated heterocycles. The van der Waals surface area contributed by atoms with E-state index in [-0.39, 0.29) is 5.82 Å². The Labute approximate surface area is 127 Å². The van der Waals surface area contributed by atoms with Crippen LogP contribution in [0.3, 0.4) is 0 Å². The smallest absolute Gasteiger partial charge is 0.128 e. The van der Waals surface area contributed by atoms with Crippen molar-refractivity contribution in [1.82, 2.24) is 9.55 Å². The third kappa shape index (κ3) is 2.56. The van der Waals surface area contributed by atoms with E-state index in [2.05, 4.69) is 9.55 Å². The number of hydrogen-bond donors (Lipinski definition) is 0. The monoisotopic (exact) mass is 312 g/mol. The van der Waals surface area contributed by atoms with E-state index < -0.39 is 0 Å². The molecule has 2 nitrogen and oxygen atoms in total. The Hall–Kier alpha value is -0.740. The molecule has 0 saturated carbocycles. The highest BCUT2D eigenvalue weighted by molar-refractivity contribution is 7.99. The van der Waals surface area contributed by atoms with E-state index >= 15 is 0 Å². The molecular formula is C15H18ClFN2S. The maximum atomic E-state index is 13.7. The summed E-state index contributed by atoms with van der Waals surface area (Å²) in [7, 11) is 0. The van der Waals surface area contributed by atoms with Crippen LogP contribution in [0, 0.1) is 12.7 Å². The zero-order chi connectivity index (χ0) is 14.1. The van der Waals surface area contributed by atoms with E-state index in [1.165, 1.54) is 18.6 Å². The van der Waals surface area contributed by atoms with Crippen LogP contribution in [0.15, 0.2) is 12.1 Å². The van der Waals surface area contributed by atoms with Crippen molar-refractivity contribution in [2.24, 2.45) is 0 Å². The second-order valence-electron chi connectivity index (χ2n) is 5.30. The second kappa shape index (κ2) is 5.94. The number of hydrogen-bond acceptors (Lipinski definition) is 2. The molecule has 3 rings (SSSR count). The highest BCUT2D eigenvalue weighted by Crippen LogP contribution is 2.32. The number of alkyl halides is 1. The van der Waals surface area contributed by atoms with Gasteiger partial charge in [0.25, 0.3) is 0 Å². The highest BCUT2D eigenvalue weighted by Gasteiger charge is 2.22. The molecule has 108 valence electrons. The predicted octanol–water partition coefficient (Wildman–Crippen LogP) is 4.33. The minimum absolute atomic E-state index is 0.183. The molecule has 0 aliphatic carbocycles. The van der Waals surface area contributed by atoms with Crippen LogP contribution in [0.1, 0.15) is 30.3 Å². The number of imidazole rings is 1. The summed E-state index contributed by atoms with van der Waals surface area (Å²) in [6, 6.07) is 3.94. The van der Waals surface area contributed by atoms with Crippen LogP contribution >= 0.6 is 23.4 Å². The summed E-state index contributed by atoms with van der Waals surface area (Å²) < 4.78 is 16.0. The maximum Gasteiger partial charge on any atom is 0.128 e. The van der Waals surface area contributed by atoms with Crippen molar-refractivity contribution in [3.63, 3.8) is 0 Å². The van der Waals surface area contributed by atoms with Gasteiger partial charge in [-0.1, -0.05) is 0 Å². The Bertz CT molecular complexity index is 620. The van der Waals surface area contributed by atoms with E-state index in [9.17, 15) is 4.39 Å². The van der Waals surface area contributed by atoms with Gasteiger partial charge in [-0.05, 0) is 37.1 Å². The number of rotatable bonds is 3. The van der Waals surface area contributed by atoms with Crippen LogP contribution in [0.5, 0.6) is 0 Å². The zero-order valence-corrected chi connectivity index (χ0v) is 13.1. The number of fused-ring (bicyclic) bond motifs is 1. The van der Waals surface area contributed by atoms with Gasteiger partial charge in [0, 0.05) is 30.2 Å². The first-order chi connectivity index (χ1) is 9.70. The molecule has 2 heterocycles. The number of thioether (sulfide) groups is 1. The summed E-state index contributed by atoms with van der Waals surface area (Å²) in [5.41, 5.74) is 2.49. The molecule has 0 spiro atoms. The van der Waals surface area contributed by atoms with Crippen molar-refractivity contribution < 1.29 is 4.39 Å². The zero-order valence-electron chi connectivity index (χ0n) is 11.5. The summed E-state index contributed by atoms with van der Waals surface area (Å²) in [5.74, 6) is 3.70. The largest absolute Gasteiger partial charge is 0.324 e. The number of aryl methyl sites for hydroxylation is 2. The fourth-order valence-corrected chi connectivity index (χ4v) is 4.16. The standard InChI is InChI=1S/C15H18ClFN2S/c1-10-7-14-13(8-12(10)17)18-15(4-5-16)19(14)11-3-2-6-20-9-11/h7-8,11H,2-6,9H2,1H3. The van der Waals surface area contributed by atoms with Crippen molar-refractivity contribution in [2.75, 3.05) is 17.4 Å². The van der Waals surface area contributed by atoms with Crippen LogP contribution in [0.2, 0.25) is 0 Å². The Morgan fingerprint density at radius 1 is 1.50 bits per heavy atom. The van der Waals surface area contributed by atoms with Gasteiger partial charge in [-0.3, -0.25) is 0 Å². The molecule has 1 aromatic heterocycles. The number of aromatic nitrogens is 2. The molecule has 1 fully saturated rings. The summed E-state index contributed by atoms with van der Waals surface area (Å²) in [6.07, 6.45) is 3.14. The normalized spacial score (nSPS) is 19.6. The highest BCUT2D eigenvalue weighted by atomic mass is 35.5. The lowest BCUT2D eigenvalue weighted by molar-refractivity contribution is 0.495. The number of benzene rings is 1. The first-order valence-corrected chi connectivity index (χ1v) is 8.70. The third-order valence-electron chi connectivity index (χ3n) is 3.86. The molecule has 0 bridgehead atoms. The lowest BCUT2D eigenvalue weighted by Crippen LogP contribution is -2.18. The van der Waals surface area contributed by atoms with E-state index in [1.54, 1.807) is 6.07 Å². The van der Waals surface area contributed by atoms with Crippen LogP contribution in [0.25, 0.3) is 11.0 Å². The van der Waals surface area contributed by atoms with Gasteiger partial charge in [-0.2, -0.15) is 11.8 Å². The Kier molecular flexibility index (Phi) is 4.22. The van der Waals surface area contributed by atoms with E-state index in [0.717, 1.165) is 29.0 Å². The van der Waals surface area contributed by atoms with Crippen LogP contribution in [0.4, 0.5) is 4.39 Å². The minimum Gasteiger partial charge on any atom is -0.324 e. The Morgan fingerprint density at radius 3 is 3.05 bits per heavy atom. The molecule has 1 aliphatic heterocycles. The van der Waals surface area contributed by atoms with Gasteiger partial charge in [0.05, 0.1) is 11.0 Å². The molecule has 5 heteroatoms. The van der Waals surface area contributed by atoms with Gasteiger partial charge in [0.15, 0.2) is 0 Å². The molecule has 1 aromatic carbocycles. The maximum absolute atomic E-state index is 13.7. The lowest BCUT2D eigenvalue weighted by atomic mass is 10.1. The molecule has 1 atom stereocenters. The average molecular weight is 313 g/mol. The summed E-state index contributed by atoms with van der Waals surface area (Å²) in [4.78, 5) is 4.61. The second-order valence-corrected chi connectivity index (χ2v) is 6.83. The first kappa shape index (κ1) is 14.2. The number of nitrogens with zero attached hydrogens (tertiary/aromatic N) is 2. The van der Waals surface area contributed by atoms with Crippen LogP contribution < -0.4 is 0 Å². The predicted molar refractivity (Wildman–Crippen MR) is 84.4 cm³/mol. The molecule has 2 aromatic rings. The third-order valence-corrected chi connectivity index (χ3v) is 5.25. The van der Waals surface area contributed by atoms with Crippen molar-refractivity contribution in [3.8, 4) is 0 Å². The van der Waals surface area contributed by atoms with Crippen molar-refractivity contribution in [2.45, 2.75) is 32.2 Å². The van der Waals surface area contributed by atoms with Gasteiger partial charge in [0.2, 0.25) is 0 Å². The van der Waals surface area contributed by atoms with Crippen molar-refractivity contribution in [3.05, 3.63) is 29.3 Å². The Balaban J connectivity index is 2.14. The first-order valence-electron chi connectivity index (χ1n) is 7.01. The topological polar surface area (TPSA) is 17.8 Å². The average Bonchev–Trinajstić information content (AvgIpc) is 2.78. The van der Waals surface area contributed by atoms with E-state index in [0.29, 0.717) is 17.5 Å². The molecule has 1 aliphatic rings. The Morgan fingerprint density at radius 2 is 2.35 bits per heavy atom. The van der Waals surface area contributed by atoms with E-state index in [4.69, 9.17) is 11.6 Å². The minimum atomic E-state index is -0.183. The number of halogens is 2. The van der Waals surface area contributed by atoms with Gasteiger partial charge in [-0.15, -0.1) is 11.6 Å². The molecule has 0 N–H and O–H groups in total. The van der Waals surface area contributed by atoms with Gasteiger partial charge < -0.3 is 4.57 Å². The van der Waals surface area contributed by atoms with Crippen molar-refractivity contribution >= 4 is 34.4 Å². The molecule has 0 amide bonds. The summed E-state index contributed by atoms with van der Waals surface area (Å²) >= 11 is 7.89. The SMILES string of the molecule is Cc1cc2c(cc1F)nc(CCCl)n2C1CCCSC1. The lowest BCUT2D eigenvalue weighted by Gasteiger charge is -2.25. The fraction of sp³-hybridized carbons (Fsp3) is 0.533. The molecular weight excluding hydrogens is 295 g/mol. The summed E-state index contributed by atoms with van der Waals surface area (Å²) in [6.45, 7) is 1.81. The van der Waals surface area contributed by atoms with Gasteiger partial charge >= 0.3 is 0 Å². The molecule has 1 unspecified atom stereocenters. The van der Waals surface area contributed by atoms with E-state index in [1.807, 2.05) is 24.8 Å². The fourth-order valence-electron chi connectivity index (χ4n) is 2.87. The van der Waals surface area contributed by atoms with Crippen molar-refractivity contribution in [1.29, 1.82) is 0 Å². The van der Waals surface area contributed by atoms with Gasteiger partial charge in [0.1, 0.15) is 11.6 Å². The summed E-state index contributed by atoms with van der Waals surface area (Å²) in [5, 5.41) is 0. The van der Waals surface area contributed by atoms with Crippen LogP contribution in [-0.4, -0.2) is 26.9 Å².